The summed E-state index contributed by atoms with van der Waals surface area (Å²) < 4.78 is 5.75. The summed E-state index contributed by atoms with van der Waals surface area (Å²) in [6, 6.07) is 6.25. The van der Waals surface area contributed by atoms with Gasteiger partial charge in [-0.05, 0) is 56.5 Å². The molecular formula is C20H32N2O3. The topological polar surface area (TPSA) is 61.8 Å². The van der Waals surface area contributed by atoms with Crippen LogP contribution in [0.2, 0.25) is 0 Å². The summed E-state index contributed by atoms with van der Waals surface area (Å²) in [4.78, 5) is 14.1. The van der Waals surface area contributed by atoms with E-state index in [0.717, 1.165) is 42.8 Å². The molecule has 1 saturated heterocycles. The molecule has 0 aromatic heterocycles. The minimum Gasteiger partial charge on any atom is -0.491 e. The number of β-amino-alcohol motifs (C(OH)–C–C–N with tert-alkyl or cyclic N) is 1. The maximum atomic E-state index is 11.9. The van der Waals surface area contributed by atoms with Crippen LogP contribution in [-0.4, -0.2) is 54.3 Å². The molecule has 0 spiro atoms. The monoisotopic (exact) mass is 348 g/mol. The average molecular weight is 348 g/mol. The first kappa shape index (κ1) is 19.7. The highest BCUT2D eigenvalue weighted by Crippen LogP contribution is 2.17. The van der Waals surface area contributed by atoms with Gasteiger partial charge in [-0.15, -0.1) is 0 Å². The van der Waals surface area contributed by atoms with Crippen LogP contribution < -0.4 is 10.1 Å². The fourth-order valence-electron chi connectivity index (χ4n) is 3.27. The van der Waals surface area contributed by atoms with Crippen LogP contribution in [0.5, 0.6) is 5.75 Å². The van der Waals surface area contributed by atoms with Gasteiger partial charge in [0.1, 0.15) is 18.5 Å². The molecule has 2 unspecified atom stereocenters. The SMILES string of the molecule is Cc1cc(C)cc(OCC(O)CN2CCCC(NC(=O)C(C)C)C2)c1. The van der Waals surface area contributed by atoms with Crippen LogP contribution in [0.15, 0.2) is 18.2 Å². The molecule has 5 heteroatoms. The second-order valence-electron chi connectivity index (χ2n) is 7.55. The van der Waals surface area contributed by atoms with E-state index in [4.69, 9.17) is 4.74 Å². The van der Waals surface area contributed by atoms with Gasteiger partial charge in [-0.1, -0.05) is 19.9 Å². The van der Waals surface area contributed by atoms with Crippen molar-refractivity contribution in [3.05, 3.63) is 29.3 Å². The van der Waals surface area contributed by atoms with E-state index >= 15 is 0 Å². The molecule has 1 aliphatic rings. The van der Waals surface area contributed by atoms with Gasteiger partial charge in [0.05, 0.1) is 0 Å². The van der Waals surface area contributed by atoms with Gasteiger partial charge in [0.15, 0.2) is 0 Å². The number of hydrogen-bond acceptors (Lipinski definition) is 4. The Morgan fingerprint density at radius 1 is 1.32 bits per heavy atom. The Hall–Kier alpha value is -1.59. The fourth-order valence-corrected chi connectivity index (χ4v) is 3.27. The molecule has 2 atom stereocenters. The Balaban J connectivity index is 1.77. The van der Waals surface area contributed by atoms with E-state index in [-0.39, 0.29) is 24.5 Å². The summed E-state index contributed by atoms with van der Waals surface area (Å²) >= 11 is 0. The molecule has 1 amide bonds. The van der Waals surface area contributed by atoms with Crippen molar-refractivity contribution in [2.45, 2.75) is 52.7 Å². The van der Waals surface area contributed by atoms with E-state index in [9.17, 15) is 9.90 Å². The first-order valence-electron chi connectivity index (χ1n) is 9.25. The van der Waals surface area contributed by atoms with Gasteiger partial charge in [-0.2, -0.15) is 0 Å². The zero-order chi connectivity index (χ0) is 18.4. The van der Waals surface area contributed by atoms with Crippen LogP contribution in [0.4, 0.5) is 0 Å². The van der Waals surface area contributed by atoms with Crippen LogP contribution in [0.3, 0.4) is 0 Å². The molecule has 0 bridgehead atoms. The van der Waals surface area contributed by atoms with Gasteiger partial charge < -0.3 is 15.2 Å². The molecule has 2 rings (SSSR count). The normalized spacial score (nSPS) is 19.7. The Labute approximate surface area is 151 Å². The van der Waals surface area contributed by atoms with Crippen molar-refractivity contribution >= 4 is 5.91 Å². The number of likely N-dealkylation sites (tertiary alicyclic amines) is 1. The number of aliphatic hydroxyl groups excluding tert-OH is 1. The van der Waals surface area contributed by atoms with Gasteiger partial charge >= 0.3 is 0 Å². The molecule has 1 fully saturated rings. The van der Waals surface area contributed by atoms with Crippen molar-refractivity contribution in [2.24, 2.45) is 5.92 Å². The number of carbonyl (C=O) groups excluding carboxylic acids is 1. The minimum absolute atomic E-state index is 0.00662. The van der Waals surface area contributed by atoms with Crippen LogP contribution in [0, 0.1) is 19.8 Å². The lowest BCUT2D eigenvalue weighted by atomic mass is 10.0. The lowest BCUT2D eigenvalue weighted by molar-refractivity contribution is -0.125. The number of amides is 1. The zero-order valence-electron chi connectivity index (χ0n) is 15.9. The summed E-state index contributed by atoms with van der Waals surface area (Å²) in [6.45, 7) is 10.5. The summed E-state index contributed by atoms with van der Waals surface area (Å²) in [6.07, 6.45) is 1.50. The van der Waals surface area contributed by atoms with Gasteiger partial charge in [-0.25, -0.2) is 0 Å². The molecular weight excluding hydrogens is 316 g/mol. The number of carbonyl (C=O) groups is 1. The Morgan fingerprint density at radius 2 is 2.00 bits per heavy atom. The van der Waals surface area contributed by atoms with Crippen molar-refractivity contribution < 1.29 is 14.6 Å². The number of nitrogens with one attached hydrogen (secondary N) is 1. The van der Waals surface area contributed by atoms with Crippen molar-refractivity contribution in [2.75, 3.05) is 26.2 Å². The number of rotatable bonds is 7. The lowest BCUT2D eigenvalue weighted by Gasteiger charge is -2.34. The van der Waals surface area contributed by atoms with Crippen molar-refractivity contribution in [1.29, 1.82) is 0 Å². The number of aliphatic hydroxyl groups is 1. The quantitative estimate of drug-likeness (QED) is 0.794. The predicted octanol–water partition coefficient (Wildman–Crippen LogP) is 2.28. The van der Waals surface area contributed by atoms with Crippen molar-refractivity contribution in [3.63, 3.8) is 0 Å². The molecule has 1 aromatic carbocycles. The second kappa shape index (κ2) is 9.20. The maximum absolute atomic E-state index is 11.9. The Kier molecular flexibility index (Phi) is 7.26. The molecule has 1 aliphatic heterocycles. The van der Waals surface area contributed by atoms with E-state index in [2.05, 4.69) is 16.3 Å². The average Bonchev–Trinajstić information content (AvgIpc) is 2.52. The van der Waals surface area contributed by atoms with Crippen LogP contribution in [0.25, 0.3) is 0 Å². The van der Waals surface area contributed by atoms with E-state index in [1.54, 1.807) is 0 Å². The van der Waals surface area contributed by atoms with E-state index < -0.39 is 6.10 Å². The van der Waals surface area contributed by atoms with Crippen LogP contribution in [0.1, 0.15) is 37.8 Å². The molecule has 0 aliphatic carbocycles. The molecule has 1 aromatic rings. The largest absolute Gasteiger partial charge is 0.491 e. The van der Waals surface area contributed by atoms with Crippen molar-refractivity contribution in [3.8, 4) is 5.75 Å². The smallest absolute Gasteiger partial charge is 0.222 e. The zero-order valence-corrected chi connectivity index (χ0v) is 15.9. The van der Waals surface area contributed by atoms with Crippen LogP contribution >= 0.6 is 0 Å². The fraction of sp³-hybridized carbons (Fsp3) is 0.650. The van der Waals surface area contributed by atoms with Crippen molar-refractivity contribution in [1.82, 2.24) is 10.2 Å². The summed E-state index contributed by atoms with van der Waals surface area (Å²) in [5.74, 6) is 0.912. The number of nitrogens with zero attached hydrogens (tertiary/aromatic N) is 1. The first-order chi connectivity index (χ1) is 11.8. The predicted molar refractivity (Wildman–Crippen MR) is 99.9 cm³/mol. The highest BCUT2D eigenvalue weighted by Gasteiger charge is 2.23. The Bertz CT molecular complexity index is 554. The van der Waals surface area contributed by atoms with Gasteiger partial charge in [0.2, 0.25) is 5.91 Å². The third-order valence-electron chi connectivity index (χ3n) is 4.48. The molecule has 140 valence electrons. The highest BCUT2D eigenvalue weighted by molar-refractivity contribution is 5.78. The summed E-state index contributed by atoms with van der Waals surface area (Å²) in [7, 11) is 0. The molecule has 2 N–H and O–H groups in total. The molecule has 5 nitrogen and oxygen atoms in total. The molecule has 0 saturated carbocycles. The first-order valence-corrected chi connectivity index (χ1v) is 9.25. The highest BCUT2D eigenvalue weighted by atomic mass is 16.5. The molecule has 1 heterocycles. The summed E-state index contributed by atoms with van der Waals surface area (Å²) in [5, 5.41) is 13.4. The maximum Gasteiger partial charge on any atom is 0.222 e. The number of aryl methyl sites for hydroxylation is 2. The summed E-state index contributed by atoms with van der Waals surface area (Å²) in [5.41, 5.74) is 2.31. The van der Waals surface area contributed by atoms with Gasteiger partial charge in [0.25, 0.3) is 0 Å². The third-order valence-corrected chi connectivity index (χ3v) is 4.48. The van der Waals surface area contributed by atoms with E-state index in [0.29, 0.717) is 6.54 Å². The van der Waals surface area contributed by atoms with Gasteiger partial charge in [-0.3, -0.25) is 9.69 Å². The number of piperidine rings is 1. The van der Waals surface area contributed by atoms with Gasteiger partial charge in [0, 0.05) is 25.0 Å². The second-order valence-corrected chi connectivity index (χ2v) is 7.55. The molecule has 0 radical (unpaired) electrons. The lowest BCUT2D eigenvalue weighted by Crippen LogP contribution is -2.50. The number of benzene rings is 1. The number of ether oxygens (including phenoxy) is 1. The third kappa shape index (κ3) is 6.67. The minimum atomic E-state index is -0.541. The van der Waals surface area contributed by atoms with E-state index in [1.807, 2.05) is 39.8 Å². The van der Waals surface area contributed by atoms with Crippen LogP contribution in [-0.2, 0) is 4.79 Å². The Morgan fingerprint density at radius 3 is 2.64 bits per heavy atom. The standard InChI is InChI=1S/C20H32N2O3/c1-14(2)20(24)21-17-6-5-7-22(11-17)12-18(23)13-25-19-9-15(3)8-16(4)10-19/h8-10,14,17-18,23H,5-7,11-13H2,1-4H3,(H,21,24). The number of hydrogen-bond donors (Lipinski definition) is 2. The molecule has 25 heavy (non-hydrogen) atoms. The van der Waals surface area contributed by atoms with E-state index in [1.165, 1.54) is 0 Å².